The Balaban J connectivity index is 1.74. The van der Waals surface area contributed by atoms with Gasteiger partial charge in [0.1, 0.15) is 0 Å². The molecule has 1 aromatic heterocycles. The Morgan fingerprint density at radius 3 is 2.81 bits per heavy atom. The number of Topliss-reactive ketones (excluding diaryl/α,β-unsaturated/α-hetero) is 1. The van der Waals surface area contributed by atoms with Crippen molar-refractivity contribution in [1.29, 1.82) is 0 Å². The molecule has 4 heteroatoms. The fraction of sp³-hybridized carbons (Fsp3) is 0.412. The molecule has 0 amide bonds. The fourth-order valence-corrected chi connectivity index (χ4v) is 2.81. The quantitative estimate of drug-likeness (QED) is 0.877. The molecule has 21 heavy (non-hydrogen) atoms. The van der Waals surface area contributed by atoms with Gasteiger partial charge in [-0.2, -0.15) is 0 Å². The predicted molar refractivity (Wildman–Crippen MR) is 84.5 cm³/mol. The number of nitrogens with zero attached hydrogens (tertiary/aromatic N) is 2. The van der Waals surface area contributed by atoms with Gasteiger partial charge in [0.2, 0.25) is 0 Å². The Hall–Kier alpha value is -1.78. The molecule has 2 aromatic rings. The van der Waals surface area contributed by atoms with Crippen LogP contribution < -0.4 is 5.73 Å². The molecule has 1 aromatic carbocycles. The van der Waals surface area contributed by atoms with Gasteiger partial charge in [-0.15, -0.1) is 0 Å². The summed E-state index contributed by atoms with van der Waals surface area (Å²) in [5, 5.41) is 1.02. The van der Waals surface area contributed by atoms with E-state index in [4.69, 9.17) is 5.73 Å². The molecule has 0 bridgehead atoms. The van der Waals surface area contributed by atoms with E-state index in [0.717, 1.165) is 48.1 Å². The highest BCUT2D eigenvalue weighted by Crippen LogP contribution is 2.16. The Kier molecular flexibility index (Phi) is 3.99. The lowest BCUT2D eigenvalue weighted by molar-refractivity contribution is 0.0910. The van der Waals surface area contributed by atoms with Crippen molar-refractivity contribution in [1.82, 2.24) is 9.88 Å². The molecule has 0 unspecified atom stereocenters. The monoisotopic (exact) mass is 283 g/mol. The molecule has 0 spiro atoms. The van der Waals surface area contributed by atoms with E-state index in [2.05, 4.69) is 9.88 Å². The Morgan fingerprint density at radius 1 is 1.29 bits per heavy atom. The molecule has 110 valence electrons. The minimum absolute atomic E-state index is 0.174. The molecule has 4 nitrogen and oxygen atoms in total. The second-order valence-corrected chi connectivity index (χ2v) is 5.90. The zero-order chi connectivity index (χ0) is 14.8. The number of likely N-dealkylation sites (tertiary alicyclic amines) is 1. The van der Waals surface area contributed by atoms with Crippen molar-refractivity contribution in [3.05, 3.63) is 41.6 Å². The van der Waals surface area contributed by atoms with Crippen LogP contribution in [0.2, 0.25) is 0 Å². The van der Waals surface area contributed by atoms with Crippen LogP contribution in [-0.2, 0) is 0 Å². The van der Waals surface area contributed by atoms with Gasteiger partial charge in [-0.05, 0) is 44.0 Å². The zero-order valence-electron chi connectivity index (χ0n) is 12.4. The number of carbonyl (C=O) groups excluding carboxylic acids is 1. The number of fused-ring (bicyclic) bond motifs is 1. The molecule has 0 radical (unpaired) electrons. The maximum atomic E-state index is 12.4. The lowest BCUT2D eigenvalue weighted by Gasteiger charge is -2.29. The van der Waals surface area contributed by atoms with Crippen molar-refractivity contribution >= 4 is 16.7 Å². The number of ketones is 1. The van der Waals surface area contributed by atoms with Gasteiger partial charge in [0.05, 0.1) is 12.1 Å². The first-order chi connectivity index (χ1) is 10.1. The summed E-state index contributed by atoms with van der Waals surface area (Å²) in [4.78, 5) is 19.1. The second kappa shape index (κ2) is 5.92. The van der Waals surface area contributed by atoms with Crippen LogP contribution in [0.25, 0.3) is 10.9 Å². The first kappa shape index (κ1) is 14.2. The standard InChI is InChI=1S/C17H21N3O/c1-12-2-3-13-10-14(4-5-16(13)19-12)17(21)11-20-8-6-15(18)7-9-20/h2-5,10,15H,6-9,11,18H2,1H3. The van der Waals surface area contributed by atoms with E-state index in [0.29, 0.717) is 12.6 Å². The minimum atomic E-state index is 0.174. The Labute approximate surface area is 125 Å². The highest BCUT2D eigenvalue weighted by molar-refractivity contribution is 6.00. The fourth-order valence-electron chi connectivity index (χ4n) is 2.81. The van der Waals surface area contributed by atoms with Gasteiger partial charge in [0.25, 0.3) is 0 Å². The van der Waals surface area contributed by atoms with E-state index in [1.165, 1.54) is 0 Å². The van der Waals surface area contributed by atoms with E-state index in [1.54, 1.807) is 0 Å². The van der Waals surface area contributed by atoms with Crippen molar-refractivity contribution in [2.75, 3.05) is 19.6 Å². The largest absolute Gasteiger partial charge is 0.328 e. The van der Waals surface area contributed by atoms with Crippen LogP contribution in [-0.4, -0.2) is 41.3 Å². The van der Waals surface area contributed by atoms with Crippen molar-refractivity contribution < 1.29 is 4.79 Å². The van der Waals surface area contributed by atoms with Crippen molar-refractivity contribution in [3.8, 4) is 0 Å². The lowest BCUT2D eigenvalue weighted by atomic mass is 10.0. The second-order valence-electron chi connectivity index (χ2n) is 5.90. The molecule has 0 aliphatic carbocycles. The summed E-state index contributed by atoms with van der Waals surface area (Å²) in [7, 11) is 0. The van der Waals surface area contributed by atoms with Crippen LogP contribution in [0.4, 0.5) is 0 Å². The summed E-state index contributed by atoms with van der Waals surface area (Å²) in [6.45, 7) is 4.29. The topological polar surface area (TPSA) is 59.2 Å². The van der Waals surface area contributed by atoms with Crippen molar-refractivity contribution in [2.45, 2.75) is 25.8 Å². The molecule has 1 aliphatic heterocycles. The zero-order valence-corrected chi connectivity index (χ0v) is 12.4. The van der Waals surface area contributed by atoms with Gasteiger partial charge in [0.15, 0.2) is 5.78 Å². The number of pyridine rings is 1. The van der Waals surface area contributed by atoms with Crippen LogP contribution >= 0.6 is 0 Å². The molecular weight excluding hydrogens is 262 g/mol. The molecule has 2 N–H and O–H groups in total. The van der Waals surface area contributed by atoms with E-state index < -0.39 is 0 Å². The number of hydrogen-bond donors (Lipinski definition) is 1. The summed E-state index contributed by atoms with van der Waals surface area (Å²) >= 11 is 0. The summed E-state index contributed by atoms with van der Waals surface area (Å²) in [5.41, 5.74) is 8.59. The summed E-state index contributed by atoms with van der Waals surface area (Å²) in [6, 6.07) is 10.1. The number of benzene rings is 1. The maximum absolute atomic E-state index is 12.4. The summed E-state index contributed by atoms with van der Waals surface area (Å²) in [5.74, 6) is 0.174. The number of hydrogen-bond acceptors (Lipinski definition) is 4. The van der Waals surface area contributed by atoms with Gasteiger partial charge in [-0.1, -0.05) is 6.07 Å². The Morgan fingerprint density at radius 2 is 2.05 bits per heavy atom. The smallest absolute Gasteiger partial charge is 0.176 e. The third kappa shape index (κ3) is 3.28. The van der Waals surface area contributed by atoms with Crippen LogP contribution in [0.15, 0.2) is 30.3 Å². The van der Waals surface area contributed by atoms with Crippen LogP contribution in [0, 0.1) is 6.92 Å². The van der Waals surface area contributed by atoms with Crippen LogP contribution in [0.3, 0.4) is 0 Å². The van der Waals surface area contributed by atoms with Crippen LogP contribution in [0.5, 0.6) is 0 Å². The first-order valence-corrected chi connectivity index (χ1v) is 7.50. The molecule has 3 rings (SSSR count). The molecular formula is C17H21N3O. The van der Waals surface area contributed by atoms with Gasteiger partial charge >= 0.3 is 0 Å². The number of carbonyl (C=O) groups is 1. The van der Waals surface area contributed by atoms with Crippen molar-refractivity contribution in [3.63, 3.8) is 0 Å². The molecule has 1 aliphatic rings. The average Bonchev–Trinajstić information content (AvgIpc) is 2.49. The van der Waals surface area contributed by atoms with Gasteiger partial charge in [0, 0.05) is 35.8 Å². The van der Waals surface area contributed by atoms with E-state index >= 15 is 0 Å². The van der Waals surface area contributed by atoms with E-state index in [1.807, 2.05) is 37.3 Å². The molecule has 0 saturated carbocycles. The SMILES string of the molecule is Cc1ccc2cc(C(=O)CN3CCC(N)CC3)ccc2n1. The van der Waals surface area contributed by atoms with Gasteiger partial charge < -0.3 is 5.73 Å². The highest BCUT2D eigenvalue weighted by Gasteiger charge is 2.19. The van der Waals surface area contributed by atoms with E-state index in [9.17, 15) is 4.79 Å². The number of aromatic nitrogens is 1. The third-order valence-electron chi connectivity index (χ3n) is 4.15. The molecule has 1 fully saturated rings. The molecule has 2 heterocycles. The lowest BCUT2D eigenvalue weighted by Crippen LogP contribution is -2.41. The molecule has 1 saturated heterocycles. The number of nitrogens with two attached hydrogens (primary N) is 1. The van der Waals surface area contributed by atoms with Crippen LogP contribution in [0.1, 0.15) is 28.9 Å². The molecule has 0 atom stereocenters. The Bertz CT molecular complexity index is 660. The summed E-state index contributed by atoms with van der Waals surface area (Å²) in [6.07, 6.45) is 1.96. The highest BCUT2D eigenvalue weighted by atomic mass is 16.1. The first-order valence-electron chi connectivity index (χ1n) is 7.50. The average molecular weight is 283 g/mol. The minimum Gasteiger partial charge on any atom is -0.328 e. The normalized spacial score (nSPS) is 17.2. The predicted octanol–water partition coefficient (Wildman–Crippen LogP) is 2.15. The van der Waals surface area contributed by atoms with Gasteiger partial charge in [-0.3, -0.25) is 14.7 Å². The number of piperidine rings is 1. The number of rotatable bonds is 3. The summed E-state index contributed by atoms with van der Waals surface area (Å²) < 4.78 is 0. The van der Waals surface area contributed by atoms with Gasteiger partial charge in [-0.25, -0.2) is 0 Å². The van der Waals surface area contributed by atoms with E-state index in [-0.39, 0.29) is 5.78 Å². The maximum Gasteiger partial charge on any atom is 0.176 e. The number of aryl methyl sites for hydroxylation is 1. The van der Waals surface area contributed by atoms with Crippen molar-refractivity contribution in [2.24, 2.45) is 5.73 Å². The third-order valence-corrected chi connectivity index (χ3v) is 4.15.